The lowest BCUT2D eigenvalue weighted by atomic mass is 10.2. The molecule has 10 heteroatoms. The zero-order valence-electron chi connectivity index (χ0n) is 12.6. The van der Waals surface area contributed by atoms with Gasteiger partial charge in [-0.05, 0) is 17.7 Å². The average molecular weight is 340 g/mol. The minimum Gasteiger partial charge on any atom is -0.476 e. The topological polar surface area (TPSA) is 97.5 Å². The van der Waals surface area contributed by atoms with Crippen molar-refractivity contribution >= 4 is 11.9 Å². The van der Waals surface area contributed by atoms with Crippen LogP contribution in [0.1, 0.15) is 16.1 Å². The Morgan fingerprint density at radius 1 is 1.33 bits per heavy atom. The highest BCUT2D eigenvalue weighted by atomic mass is 19.3. The smallest absolute Gasteiger partial charge is 0.387 e. The minimum atomic E-state index is -2.89. The summed E-state index contributed by atoms with van der Waals surface area (Å²) < 4.78 is 29.5. The third kappa shape index (κ3) is 4.73. The van der Waals surface area contributed by atoms with Crippen molar-refractivity contribution in [2.24, 2.45) is 0 Å². The summed E-state index contributed by atoms with van der Waals surface area (Å²) in [6.45, 7) is -2.81. The number of likely N-dealkylation sites (N-methyl/N-ethyl adjacent to an activating group) is 1. The molecule has 0 aliphatic carbocycles. The number of amides is 1. The molecule has 1 heterocycles. The summed E-state index contributed by atoms with van der Waals surface area (Å²) >= 11 is 0. The van der Waals surface area contributed by atoms with E-state index >= 15 is 0 Å². The molecule has 2 aromatic rings. The fraction of sp³-hybridized carbons (Fsp3) is 0.286. The molecule has 1 aromatic heterocycles. The minimum absolute atomic E-state index is 0.0338. The van der Waals surface area contributed by atoms with E-state index in [-0.39, 0.29) is 30.4 Å². The molecule has 128 valence electrons. The number of hydrogen-bond donors (Lipinski definition) is 1. The fourth-order valence-corrected chi connectivity index (χ4v) is 1.87. The molecule has 0 aliphatic heterocycles. The average Bonchev–Trinajstić information content (AvgIpc) is 2.97. The predicted octanol–water partition coefficient (Wildman–Crippen LogP) is 1.24. The molecule has 1 N–H and O–H groups in total. The van der Waals surface area contributed by atoms with Crippen LogP contribution in [0.25, 0.3) is 0 Å². The monoisotopic (exact) mass is 340 g/mol. The summed E-state index contributed by atoms with van der Waals surface area (Å²) in [5.74, 6) is -1.51. The van der Waals surface area contributed by atoms with Crippen LogP contribution >= 0.6 is 0 Å². The van der Waals surface area contributed by atoms with Gasteiger partial charge in [-0.15, -0.1) is 5.10 Å². The van der Waals surface area contributed by atoms with Crippen LogP contribution in [-0.2, 0) is 17.9 Å². The van der Waals surface area contributed by atoms with Crippen LogP contribution in [0, 0.1) is 0 Å². The van der Waals surface area contributed by atoms with Crippen molar-refractivity contribution in [3.63, 3.8) is 0 Å². The third-order valence-electron chi connectivity index (χ3n) is 3.05. The number of carbonyl (C=O) groups excluding carboxylic acids is 1. The summed E-state index contributed by atoms with van der Waals surface area (Å²) in [6.07, 6.45) is 1.16. The number of halogens is 2. The lowest BCUT2D eigenvalue weighted by Gasteiger charge is -2.17. The Hall–Kier alpha value is -3.04. The lowest BCUT2D eigenvalue weighted by molar-refractivity contribution is -0.131. The van der Waals surface area contributed by atoms with Crippen LogP contribution in [0.4, 0.5) is 8.78 Å². The third-order valence-corrected chi connectivity index (χ3v) is 3.05. The Kier molecular flexibility index (Phi) is 5.40. The number of carboxylic acids is 1. The van der Waals surface area contributed by atoms with Crippen molar-refractivity contribution in [2.75, 3.05) is 7.05 Å². The van der Waals surface area contributed by atoms with E-state index in [0.29, 0.717) is 0 Å². The Bertz CT molecular complexity index is 718. The van der Waals surface area contributed by atoms with Crippen LogP contribution in [0.15, 0.2) is 30.5 Å². The molecular formula is C14H14F2N4O4. The summed E-state index contributed by atoms with van der Waals surface area (Å²) in [5.41, 5.74) is 0.470. The zero-order chi connectivity index (χ0) is 17.7. The van der Waals surface area contributed by atoms with E-state index < -0.39 is 12.6 Å². The quantitative estimate of drug-likeness (QED) is 0.814. The second-order valence-corrected chi connectivity index (χ2v) is 4.88. The van der Waals surface area contributed by atoms with Gasteiger partial charge in [0.15, 0.2) is 5.69 Å². The van der Waals surface area contributed by atoms with E-state index in [9.17, 15) is 18.4 Å². The molecule has 1 amide bonds. The molecule has 0 unspecified atom stereocenters. The van der Waals surface area contributed by atoms with Crippen LogP contribution in [0.2, 0.25) is 0 Å². The number of benzene rings is 1. The molecule has 24 heavy (non-hydrogen) atoms. The number of carbonyl (C=O) groups is 2. The second kappa shape index (κ2) is 7.49. The molecule has 0 spiro atoms. The van der Waals surface area contributed by atoms with Crippen molar-refractivity contribution in [3.05, 3.63) is 41.7 Å². The van der Waals surface area contributed by atoms with Gasteiger partial charge in [0.1, 0.15) is 12.3 Å². The van der Waals surface area contributed by atoms with E-state index in [0.717, 1.165) is 16.4 Å². The molecule has 0 atom stereocenters. The number of ether oxygens (including phenoxy) is 1. The maximum Gasteiger partial charge on any atom is 0.387 e. The first-order valence-corrected chi connectivity index (χ1v) is 6.76. The first kappa shape index (κ1) is 17.3. The van der Waals surface area contributed by atoms with E-state index in [1.54, 1.807) is 19.2 Å². The molecule has 0 fully saturated rings. The SMILES string of the molecule is CN(Cc1ccc(OC(F)F)cc1)C(=O)Cn1cc(C(=O)O)nn1. The summed E-state index contributed by atoms with van der Waals surface area (Å²) in [6, 6.07) is 5.91. The van der Waals surface area contributed by atoms with Crippen molar-refractivity contribution < 1.29 is 28.2 Å². The highest BCUT2D eigenvalue weighted by molar-refractivity contribution is 5.84. The maximum atomic E-state index is 12.1. The van der Waals surface area contributed by atoms with Gasteiger partial charge >= 0.3 is 12.6 Å². The fourth-order valence-electron chi connectivity index (χ4n) is 1.87. The molecule has 2 rings (SSSR count). The first-order valence-electron chi connectivity index (χ1n) is 6.76. The van der Waals surface area contributed by atoms with Gasteiger partial charge in [-0.1, -0.05) is 17.3 Å². The van der Waals surface area contributed by atoms with Crippen LogP contribution in [0.3, 0.4) is 0 Å². The first-order chi connectivity index (χ1) is 11.3. The number of nitrogens with zero attached hydrogens (tertiary/aromatic N) is 4. The van der Waals surface area contributed by atoms with Gasteiger partial charge < -0.3 is 14.7 Å². The number of rotatable bonds is 7. The Labute approximate surface area is 135 Å². The standard InChI is InChI=1S/C14H14F2N4O4/c1-19(6-9-2-4-10(5-3-9)24-14(15)16)12(21)8-20-7-11(13(22)23)17-18-20/h2-5,7,14H,6,8H2,1H3,(H,22,23). The molecule has 0 saturated heterocycles. The van der Waals surface area contributed by atoms with Crippen molar-refractivity contribution in [1.29, 1.82) is 0 Å². The normalized spacial score (nSPS) is 10.7. The molecule has 0 bridgehead atoms. The zero-order valence-corrected chi connectivity index (χ0v) is 12.6. The Morgan fingerprint density at radius 3 is 2.54 bits per heavy atom. The molecule has 0 radical (unpaired) electrons. The summed E-state index contributed by atoms with van der Waals surface area (Å²) in [5, 5.41) is 15.7. The van der Waals surface area contributed by atoms with Gasteiger partial charge in [-0.25, -0.2) is 9.48 Å². The van der Waals surface area contributed by atoms with E-state index in [1.807, 2.05) is 0 Å². The van der Waals surface area contributed by atoms with E-state index in [2.05, 4.69) is 15.0 Å². The molecule has 0 aliphatic rings. The van der Waals surface area contributed by atoms with E-state index in [4.69, 9.17) is 5.11 Å². The van der Waals surface area contributed by atoms with Crippen molar-refractivity contribution in [2.45, 2.75) is 19.7 Å². The van der Waals surface area contributed by atoms with Gasteiger partial charge in [-0.2, -0.15) is 8.78 Å². The molecule has 8 nitrogen and oxygen atoms in total. The second-order valence-electron chi connectivity index (χ2n) is 4.88. The van der Waals surface area contributed by atoms with Gasteiger partial charge in [0, 0.05) is 13.6 Å². The predicted molar refractivity (Wildman–Crippen MR) is 76.5 cm³/mol. The molecule has 0 saturated carbocycles. The largest absolute Gasteiger partial charge is 0.476 e. The highest BCUT2D eigenvalue weighted by Crippen LogP contribution is 2.15. The van der Waals surface area contributed by atoms with Gasteiger partial charge in [-0.3, -0.25) is 4.79 Å². The summed E-state index contributed by atoms with van der Waals surface area (Å²) in [4.78, 5) is 24.2. The maximum absolute atomic E-state index is 12.1. The highest BCUT2D eigenvalue weighted by Gasteiger charge is 2.14. The van der Waals surface area contributed by atoms with Gasteiger partial charge in [0.2, 0.25) is 5.91 Å². The van der Waals surface area contributed by atoms with Crippen LogP contribution in [0.5, 0.6) is 5.75 Å². The van der Waals surface area contributed by atoms with Gasteiger partial charge in [0.05, 0.1) is 6.20 Å². The Morgan fingerprint density at radius 2 is 2.00 bits per heavy atom. The Balaban J connectivity index is 1.91. The van der Waals surface area contributed by atoms with Gasteiger partial charge in [0.25, 0.3) is 0 Å². The van der Waals surface area contributed by atoms with Crippen LogP contribution in [-0.4, -0.2) is 50.5 Å². The lowest BCUT2D eigenvalue weighted by Crippen LogP contribution is -2.30. The van der Waals surface area contributed by atoms with Crippen molar-refractivity contribution in [1.82, 2.24) is 19.9 Å². The molecule has 1 aromatic carbocycles. The number of aromatic nitrogens is 3. The number of alkyl halides is 2. The molecular weight excluding hydrogens is 326 g/mol. The number of carboxylic acid groups (broad SMARTS) is 1. The van der Waals surface area contributed by atoms with Crippen LogP contribution < -0.4 is 4.74 Å². The number of aromatic carboxylic acids is 1. The van der Waals surface area contributed by atoms with E-state index in [1.165, 1.54) is 17.0 Å². The summed E-state index contributed by atoms with van der Waals surface area (Å²) in [7, 11) is 1.56. The number of hydrogen-bond acceptors (Lipinski definition) is 5. The van der Waals surface area contributed by atoms with Crippen molar-refractivity contribution in [3.8, 4) is 5.75 Å².